The maximum absolute atomic E-state index is 11.4. The van der Waals surface area contributed by atoms with Gasteiger partial charge < -0.3 is 15.3 Å². The van der Waals surface area contributed by atoms with Crippen molar-refractivity contribution in [2.24, 2.45) is 11.8 Å². The molecule has 1 aromatic rings. The minimum atomic E-state index is -0.155. The Morgan fingerprint density at radius 3 is 1.52 bits per heavy atom. The van der Waals surface area contributed by atoms with Crippen LogP contribution in [0.1, 0.15) is 76.3 Å². The highest BCUT2D eigenvalue weighted by Crippen LogP contribution is 2.53. The molecule has 0 aliphatic heterocycles. The Labute approximate surface area is 174 Å². The van der Waals surface area contributed by atoms with Gasteiger partial charge >= 0.3 is 0 Å². The molecule has 3 heteroatoms. The molecule has 0 radical (unpaired) electrons. The highest BCUT2D eigenvalue weighted by Gasteiger charge is 2.35. The van der Waals surface area contributed by atoms with E-state index < -0.39 is 0 Å². The van der Waals surface area contributed by atoms with Gasteiger partial charge in [-0.15, -0.1) is 0 Å². The zero-order chi connectivity index (χ0) is 21.5. The second-order valence-electron chi connectivity index (χ2n) is 9.15. The molecule has 0 unspecified atom stereocenters. The second-order valence-corrected chi connectivity index (χ2v) is 9.15. The van der Waals surface area contributed by atoms with Gasteiger partial charge in [0, 0.05) is 29.0 Å². The SMILES string of the molecule is C=C(C)[C@H]1CCC(C)=C[C@H]1c1c(O)cc(O)c([C@@H]2C=C(C)CC[C@H]2C(=C)C)c1O. The largest absolute Gasteiger partial charge is 0.507 e. The van der Waals surface area contributed by atoms with E-state index in [2.05, 4.69) is 39.2 Å². The molecular weight excluding hydrogens is 360 g/mol. The Kier molecular flexibility index (Phi) is 5.97. The average molecular weight is 395 g/mol. The molecule has 0 spiro atoms. The number of rotatable bonds is 4. The van der Waals surface area contributed by atoms with Crippen molar-refractivity contribution >= 4 is 0 Å². The first kappa shape index (κ1) is 21.3. The Morgan fingerprint density at radius 2 is 1.17 bits per heavy atom. The highest BCUT2D eigenvalue weighted by molar-refractivity contribution is 5.61. The molecule has 0 aromatic heterocycles. The predicted octanol–water partition coefficient (Wildman–Crippen LogP) is 6.84. The zero-order valence-electron chi connectivity index (χ0n) is 18.1. The zero-order valence-corrected chi connectivity index (χ0v) is 18.1. The summed E-state index contributed by atoms with van der Waals surface area (Å²) in [6, 6.07) is 1.39. The van der Waals surface area contributed by atoms with Crippen molar-refractivity contribution in [3.63, 3.8) is 0 Å². The van der Waals surface area contributed by atoms with Crippen LogP contribution in [0.3, 0.4) is 0 Å². The normalized spacial score (nSPS) is 27.2. The molecule has 29 heavy (non-hydrogen) atoms. The summed E-state index contributed by atoms with van der Waals surface area (Å²) < 4.78 is 0. The lowest BCUT2D eigenvalue weighted by molar-refractivity contribution is 0.377. The Hall–Kier alpha value is -2.42. The highest BCUT2D eigenvalue weighted by atomic mass is 16.3. The van der Waals surface area contributed by atoms with Gasteiger partial charge in [0.2, 0.25) is 0 Å². The lowest BCUT2D eigenvalue weighted by Crippen LogP contribution is -2.20. The molecule has 0 saturated carbocycles. The maximum Gasteiger partial charge on any atom is 0.130 e. The van der Waals surface area contributed by atoms with E-state index in [9.17, 15) is 15.3 Å². The Balaban J connectivity index is 2.21. The van der Waals surface area contributed by atoms with Crippen LogP contribution in [0.2, 0.25) is 0 Å². The summed E-state index contributed by atoms with van der Waals surface area (Å²) >= 11 is 0. The van der Waals surface area contributed by atoms with Crippen molar-refractivity contribution in [1.82, 2.24) is 0 Å². The first-order valence-corrected chi connectivity index (χ1v) is 10.5. The molecule has 0 saturated heterocycles. The number of allylic oxidation sites excluding steroid dienone is 6. The van der Waals surface area contributed by atoms with Gasteiger partial charge in [-0.1, -0.05) is 47.6 Å². The van der Waals surface area contributed by atoms with Crippen LogP contribution in [0.4, 0.5) is 0 Å². The van der Waals surface area contributed by atoms with E-state index in [-0.39, 0.29) is 40.9 Å². The van der Waals surface area contributed by atoms with Gasteiger partial charge in [-0.05, 0) is 65.2 Å². The van der Waals surface area contributed by atoms with Gasteiger partial charge in [0.15, 0.2) is 0 Å². The summed E-state index contributed by atoms with van der Waals surface area (Å²) in [5.41, 5.74) is 5.58. The number of hydrogen-bond acceptors (Lipinski definition) is 3. The topological polar surface area (TPSA) is 60.7 Å². The molecule has 0 bridgehead atoms. The molecule has 0 fully saturated rings. The Morgan fingerprint density at radius 1 is 0.793 bits per heavy atom. The average Bonchev–Trinajstić information content (AvgIpc) is 2.61. The van der Waals surface area contributed by atoms with Crippen molar-refractivity contribution in [3.05, 3.63) is 64.8 Å². The van der Waals surface area contributed by atoms with Crippen LogP contribution in [0.5, 0.6) is 17.2 Å². The van der Waals surface area contributed by atoms with Crippen molar-refractivity contribution in [2.45, 2.75) is 65.2 Å². The van der Waals surface area contributed by atoms with E-state index in [0.717, 1.165) is 36.8 Å². The molecule has 3 rings (SSSR count). The third-order valence-corrected chi connectivity index (χ3v) is 6.76. The first-order valence-electron chi connectivity index (χ1n) is 10.5. The monoisotopic (exact) mass is 394 g/mol. The van der Waals surface area contributed by atoms with Gasteiger partial charge in [0.25, 0.3) is 0 Å². The van der Waals surface area contributed by atoms with Crippen LogP contribution in [-0.2, 0) is 0 Å². The molecule has 4 atom stereocenters. The lowest BCUT2D eigenvalue weighted by atomic mass is 9.70. The fourth-order valence-corrected chi connectivity index (χ4v) is 5.14. The van der Waals surface area contributed by atoms with Crippen LogP contribution in [0.25, 0.3) is 0 Å². The number of benzene rings is 1. The molecule has 0 amide bonds. The molecule has 0 heterocycles. The minimum Gasteiger partial charge on any atom is -0.507 e. The number of aromatic hydroxyl groups is 3. The van der Waals surface area contributed by atoms with Crippen LogP contribution in [0, 0.1) is 11.8 Å². The van der Waals surface area contributed by atoms with Crippen LogP contribution >= 0.6 is 0 Å². The van der Waals surface area contributed by atoms with E-state index in [1.807, 2.05) is 13.8 Å². The third kappa shape index (κ3) is 4.01. The first-order chi connectivity index (χ1) is 13.6. The van der Waals surface area contributed by atoms with Crippen molar-refractivity contribution in [3.8, 4) is 17.2 Å². The minimum absolute atomic E-state index is 0.00639. The Bertz CT molecular complexity index is 833. The predicted molar refractivity (Wildman–Crippen MR) is 120 cm³/mol. The van der Waals surface area contributed by atoms with Crippen molar-refractivity contribution in [2.75, 3.05) is 0 Å². The smallest absolute Gasteiger partial charge is 0.130 e. The van der Waals surface area contributed by atoms with Crippen LogP contribution in [-0.4, -0.2) is 15.3 Å². The van der Waals surface area contributed by atoms with Crippen molar-refractivity contribution in [1.29, 1.82) is 0 Å². The lowest BCUT2D eigenvalue weighted by Gasteiger charge is -2.34. The number of phenols is 3. The van der Waals surface area contributed by atoms with Crippen molar-refractivity contribution < 1.29 is 15.3 Å². The van der Waals surface area contributed by atoms with Gasteiger partial charge in [-0.25, -0.2) is 0 Å². The summed E-state index contributed by atoms with van der Waals surface area (Å²) in [5.74, 6) is -0.132. The molecule has 2 aliphatic carbocycles. The summed E-state index contributed by atoms with van der Waals surface area (Å²) in [4.78, 5) is 0. The van der Waals surface area contributed by atoms with E-state index >= 15 is 0 Å². The van der Waals surface area contributed by atoms with Crippen LogP contribution in [0.15, 0.2) is 53.7 Å². The quantitative estimate of drug-likeness (QED) is 0.490. The van der Waals surface area contributed by atoms with E-state index in [1.165, 1.54) is 17.2 Å². The summed E-state index contributed by atoms with van der Waals surface area (Å²) in [6.45, 7) is 16.5. The molecule has 156 valence electrons. The fraction of sp³-hybridized carbons (Fsp3) is 0.462. The second kappa shape index (κ2) is 8.14. The number of hydrogen-bond donors (Lipinski definition) is 3. The summed E-state index contributed by atoms with van der Waals surface area (Å²) in [6.07, 6.45) is 8.13. The molecular formula is C26H34O3. The standard InChI is InChI=1S/C26H34O3/c1-14(2)18-9-7-16(5)11-20(18)24-22(27)13-23(28)25(26(24)29)21-12-17(6)8-10-19(21)15(3)4/h11-13,18-21,27-29H,1,3,7-10H2,2,4-6H3/t18-,19+,20-,21-/m1/s1. The summed E-state index contributed by atoms with van der Waals surface area (Å²) in [5, 5.41) is 32.9. The van der Waals surface area contributed by atoms with Gasteiger partial charge in [-0.2, -0.15) is 0 Å². The van der Waals surface area contributed by atoms with Gasteiger partial charge in [0.05, 0.1) is 0 Å². The molecule has 2 aliphatic rings. The van der Waals surface area contributed by atoms with Gasteiger partial charge in [0.1, 0.15) is 17.2 Å². The molecule has 3 N–H and O–H groups in total. The summed E-state index contributed by atoms with van der Waals surface area (Å²) in [7, 11) is 0. The van der Waals surface area contributed by atoms with Crippen LogP contribution < -0.4 is 0 Å². The fourth-order valence-electron chi connectivity index (χ4n) is 5.14. The molecule has 3 nitrogen and oxygen atoms in total. The van der Waals surface area contributed by atoms with E-state index in [1.54, 1.807) is 0 Å². The maximum atomic E-state index is 11.4. The number of phenolic OH excluding ortho intramolecular Hbond substituents is 3. The molecule has 1 aromatic carbocycles. The third-order valence-electron chi connectivity index (χ3n) is 6.76. The van der Waals surface area contributed by atoms with Gasteiger partial charge in [-0.3, -0.25) is 0 Å². The van der Waals surface area contributed by atoms with E-state index in [4.69, 9.17) is 0 Å². The van der Waals surface area contributed by atoms with E-state index in [0.29, 0.717) is 11.1 Å².